The van der Waals surface area contributed by atoms with E-state index in [4.69, 9.17) is 4.74 Å². The van der Waals surface area contributed by atoms with Crippen LogP contribution >= 0.6 is 0 Å². The maximum Gasteiger partial charge on any atom is 0.410 e. The van der Waals surface area contributed by atoms with E-state index in [0.29, 0.717) is 48.8 Å². The lowest BCUT2D eigenvalue weighted by Gasteiger charge is -2.33. The topological polar surface area (TPSA) is 88.1 Å². The van der Waals surface area contributed by atoms with Gasteiger partial charge < -0.3 is 15.0 Å². The van der Waals surface area contributed by atoms with Gasteiger partial charge in [-0.1, -0.05) is 30.3 Å². The van der Waals surface area contributed by atoms with Gasteiger partial charge in [0.05, 0.1) is 5.69 Å². The van der Waals surface area contributed by atoms with Crippen molar-refractivity contribution >= 4 is 29.3 Å². The monoisotopic (exact) mass is 475 g/mol. The Labute approximate surface area is 206 Å². The normalized spacial score (nSPS) is 15.9. The van der Waals surface area contributed by atoms with Gasteiger partial charge in [-0.15, -0.1) is 0 Å². The Morgan fingerprint density at radius 1 is 1.03 bits per heavy atom. The molecule has 0 radical (unpaired) electrons. The van der Waals surface area contributed by atoms with Gasteiger partial charge in [0.1, 0.15) is 11.4 Å². The molecule has 1 saturated heterocycles. The summed E-state index contributed by atoms with van der Waals surface area (Å²) in [5.74, 6) is 0.957. The molecule has 1 fully saturated rings. The van der Waals surface area contributed by atoms with Gasteiger partial charge >= 0.3 is 6.09 Å². The Balaban J connectivity index is 1.22. The van der Waals surface area contributed by atoms with Gasteiger partial charge in [0.15, 0.2) is 5.78 Å². The van der Waals surface area contributed by atoms with Crippen LogP contribution in [0.25, 0.3) is 0 Å². The number of carbonyl (C=O) groups excluding carboxylic acids is 3. The first-order valence-electron chi connectivity index (χ1n) is 12.3. The molecule has 0 aliphatic carbocycles. The lowest BCUT2D eigenvalue weighted by atomic mass is 9.92. The van der Waals surface area contributed by atoms with E-state index in [2.05, 4.69) is 10.3 Å². The Kier molecular flexibility index (Phi) is 7.34. The molecule has 1 N–H and O–H groups in total. The number of rotatable bonds is 5. The number of ether oxygens (including phenoxy) is 1. The fourth-order valence-electron chi connectivity index (χ4n) is 4.46. The summed E-state index contributed by atoms with van der Waals surface area (Å²) in [5.41, 5.74) is 2.51. The number of amidine groups is 1. The molecule has 2 aromatic rings. The molecule has 7 nitrogen and oxygen atoms in total. The third-order valence-electron chi connectivity index (χ3n) is 6.32. The molecular weight excluding hydrogens is 442 g/mol. The highest BCUT2D eigenvalue weighted by Gasteiger charge is 2.27. The number of fused-ring (bicyclic) bond motifs is 1. The van der Waals surface area contributed by atoms with Crippen molar-refractivity contribution in [2.45, 2.75) is 58.5 Å². The number of likely N-dealkylation sites (tertiary alicyclic amines) is 1. The van der Waals surface area contributed by atoms with Crippen LogP contribution in [0.15, 0.2) is 53.5 Å². The lowest BCUT2D eigenvalue weighted by Crippen LogP contribution is -2.42. The maximum absolute atomic E-state index is 12.7. The number of amides is 2. The number of nitrogens with zero attached hydrogens (tertiary/aromatic N) is 2. The van der Waals surface area contributed by atoms with Crippen molar-refractivity contribution in [3.05, 3.63) is 65.2 Å². The van der Waals surface area contributed by atoms with E-state index in [1.165, 1.54) is 0 Å². The van der Waals surface area contributed by atoms with Gasteiger partial charge in [0.2, 0.25) is 5.91 Å². The fraction of sp³-hybridized carbons (Fsp3) is 0.429. The molecule has 4 rings (SSSR count). The van der Waals surface area contributed by atoms with Crippen molar-refractivity contribution in [2.24, 2.45) is 10.9 Å². The minimum absolute atomic E-state index is 0.0244. The van der Waals surface area contributed by atoms with E-state index >= 15 is 0 Å². The number of piperidine rings is 1. The minimum atomic E-state index is -0.492. The number of ketones is 1. The highest BCUT2D eigenvalue weighted by Crippen LogP contribution is 2.28. The van der Waals surface area contributed by atoms with Crippen molar-refractivity contribution in [3.8, 4) is 0 Å². The van der Waals surface area contributed by atoms with Gasteiger partial charge in [0.25, 0.3) is 0 Å². The molecule has 0 bridgehead atoms. The van der Waals surface area contributed by atoms with Crippen LogP contribution in [0.2, 0.25) is 0 Å². The SMILES string of the molecule is CC(C)(C)OC(=O)N1CCC(CCC(=O)NC2=Nc3ccc(C(=O)c4ccccc4)cc3C2)CC1. The zero-order valence-electron chi connectivity index (χ0n) is 20.7. The number of hydrogen-bond donors (Lipinski definition) is 1. The predicted octanol–water partition coefficient (Wildman–Crippen LogP) is 5.05. The van der Waals surface area contributed by atoms with Gasteiger partial charge in [-0.2, -0.15) is 0 Å². The fourth-order valence-corrected chi connectivity index (χ4v) is 4.46. The summed E-state index contributed by atoms with van der Waals surface area (Å²) in [6, 6.07) is 14.7. The zero-order valence-corrected chi connectivity index (χ0v) is 20.7. The van der Waals surface area contributed by atoms with E-state index in [0.717, 1.165) is 30.5 Å². The van der Waals surface area contributed by atoms with Gasteiger partial charge in [-0.3, -0.25) is 9.59 Å². The van der Waals surface area contributed by atoms with Crippen LogP contribution in [0, 0.1) is 5.92 Å². The van der Waals surface area contributed by atoms with Crippen LogP contribution in [0.5, 0.6) is 0 Å². The smallest absolute Gasteiger partial charge is 0.410 e. The molecule has 0 spiro atoms. The molecule has 184 valence electrons. The van der Waals surface area contributed by atoms with E-state index in [-0.39, 0.29) is 17.8 Å². The maximum atomic E-state index is 12.7. The molecule has 2 heterocycles. The molecule has 7 heteroatoms. The molecular formula is C28H33N3O4. The number of carbonyl (C=O) groups is 3. The van der Waals surface area contributed by atoms with E-state index in [1.54, 1.807) is 23.1 Å². The van der Waals surface area contributed by atoms with E-state index < -0.39 is 5.60 Å². The van der Waals surface area contributed by atoms with Crippen LogP contribution in [-0.2, 0) is 16.0 Å². The summed E-state index contributed by atoms with van der Waals surface area (Å²) in [5, 5.41) is 2.94. The van der Waals surface area contributed by atoms with Gasteiger partial charge in [-0.25, -0.2) is 9.79 Å². The molecule has 0 atom stereocenters. The van der Waals surface area contributed by atoms with Crippen molar-refractivity contribution in [3.63, 3.8) is 0 Å². The average Bonchev–Trinajstić information content (AvgIpc) is 3.23. The number of nitrogens with one attached hydrogen (secondary N) is 1. The molecule has 0 aromatic heterocycles. The molecule has 2 aromatic carbocycles. The lowest BCUT2D eigenvalue weighted by molar-refractivity contribution is -0.120. The third-order valence-corrected chi connectivity index (χ3v) is 6.32. The Bertz CT molecular complexity index is 1130. The summed E-state index contributed by atoms with van der Waals surface area (Å²) < 4.78 is 5.45. The summed E-state index contributed by atoms with van der Waals surface area (Å²) in [7, 11) is 0. The first kappa shape index (κ1) is 24.6. The molecule has 0 unspecified atom stereocenters. The van der Waals surface area contributed by atoms with Gasteiger partial charge in [-0.05, 0) is 69.7 Å². The molecule has 2 aliphatic rings. The van der Waals surface area contributed by atoms with E-state index in [1.807, 2.05) is 51.1 Å². The highest BCUT2D eigenvalue weighted by molar-refractivity contribution is 6.10. The number of aliphatic imine (C=N–C) groups is 1. The third kappa shape index (κ3) is 6.56. The first-order valence-corrected chi connectivity index (χ1v) is 12.3. The standard InChI is InChI=1S/C28H33N3O4/c1-28(2,3)35-27(34)31-15-13-19(14-16-31)9-12-25(32)30-24-18-22-17-21(10-11-23(22)29-24)26(33)20-7-5-4-6-8-20/h4-8,10-11,17,19H,9,12-16,18H2,1-3H3,(H,29,30,32). The van der Waals surface area contributed by atoms with Crippen LogP contribution in [0.3, 0.4) is 0 Å². The Morgan fingerprint density at radius 2 is 1.74 bits per heavy atom. The van der Waals surface area contributed by atoms with E-state index in [9.17, 15) is 14.4 Å². The van der Waals surface area contributed by atoms with Crippen molar-refractivity contribution in [1.82, 2.24) is 10.2 Å². The molecule has 35 heavy (non-hydrogen) atoms. The van der Waals surface area contributed by atoms with Crippen LogP contribution < -0.4 is 5.32 Å². The zero-order chi connectivity index (χ0) is 25.0. The summed E-state index contributed by atoms with van der Waals surface area (Å²) in [6.07, 6.45) is 3.19. The predicted molar refractivity (Wildman–Crippen MR) is 135 cm³/mol. The Morgan fingerprint density at radius 3 is 2.43 bits per heavy atom. The van der Waals surface area contributed by atoms with Crippen LogP contribution in [0.1, 0.15) is 67.9 Å². The number of benzene rings is 2. The van der Waals surface area contributed by atoms with Crippen LogP contribution in [0.4, 0.5) is 10.5 Å². The summed E-state index contributed by atoms with van der Waals surface area (Å²) in [6.45, 7) is 6.92. The molecule has 0 saturated carbocycles. The summed E-state index contributed by atoms with van der Waals surface area (Å²) in [4.78, 5) is 43.8. The van der Waals surface area contributed by atoms with Gasteiger partial charge in [0, 0.05) is 37.1 Å². The molecule has 2 aliphatic heterocycles. The van der Waals surface area contributed by atoms with Crippen molar-refractivity contribution in [2.75, 3.05) is 13.1 Å². The second kappa shape index (κ2) is 10.4. The largest absolute Gasteiger partial charge is 0.444 e. The second-order valence-electron chi connectivity index (χ2n) is 10.3. The second-order valence-corrected chi connectivity index (χ2v) is 10.3. The highest BCUT2D eigenvalue weighted by atomic mass is 16.6. The number of hydrogen-bond acceptors (Lipinski definition) is 5. The Hall–Kier alpha value is -3.48. The first-order chi connectivity index (χ1) is 16.7. The molecule has 2 amide bonds. The quantitative estimate of drug-likeness (QED) is 0.613. The average molecular weight is 476 g/mol. The van der Waals surface area contributed by atoms with Crippen LogP contribution in [-0.4, -0.2) is 47.2 Å². The summed E-state index contributed by atoms with van der Waals surface area (Å²) >= 11 is 0. The minimum Gasteiger partial charge on any atom is -0.444 e. The van der Waals surface area contributed by atoms with Crippen molar-refractivity contribution in [1.29, 1.82) is 0 Å². The van der Waals surface area contributed by atoms with Crippen molar-refractivity contribution < 1.29 is 19.1 Å².